The fourth-order valence-electron chi connectivity index (χ4n) is 9.81. The third-order valence-electron chi connectivity index (χ3n) is 11.2. The topological polar surface area (TPSA) is 55.1 Å². The Kier molecular flexibility index (Phi) is 4.45. The van der Waals surface area contributed by atoms with E-state index in [0.29, 0.717) is 22.7 Å². The minimum atomic E-state index is -4.44. The minimum Gasteiger partial charge on any atom is -0.390 e. The maximum atomic E-state index is 13.3. The van der Waals surface area contributed by atoms with Gasteiger partial charge in [0.25, 0.3) is 0 Å². The van der Waals surface area contributed by atoms with Crippen LogP contribution in [0.5, 0.6) is 0 Å². The molecule has 5 fully saturated rings. The van der Waals surface area contributed by atoms with E-state index in [0.717, 1.165) is 63.3 Å². The van der Waals surface area contributed by atoms with Gasteiger partial charge in [-0.25, -0.2) is 0 Å². The van der Waals surface area contributed by atoms with E-state index >= 15 is 0 Å². The van der Waals surface area contributed by atoms with Crippen molar-refractivity contribution in [1.29, 1.82) is 0 Å². The number of Topliss-reactive ketones (excluding diaryl/α,β-unsaturated/α-hetero) is 1. The van der Waals surface area contributed by atoms with Gasteiger partial charge in [0.2, 0.25) is 0 Å². The summed E-state index contributed by atoms with van der Waals surface area (Å²) in [5, 5.41) is 14.6. The molecule has 5 saturated carbocycles. The number of nitrogens with zero attached hydrogens (tertiary/aromatic N) is 2. The standard InChI is InChI=1S/C26H35F3N2O2/c1-22(33)9-10-25-15-24(25,14-22)8-5-17-18-3-4-20(23(18,2)7-6-19(17)25)21(32)13-31-12-16(11-30-31)26(27,28)29/h11-12,17-20,33H,3-10,13-15H2,1-2H3/t17-,18-,19-,20+,22+,23-,24+,25-/m0/s1. The van der Waals surface area contributed by atoms with Crippen LogP contribution in [0, 0.1) is 39.9 Å². The van der Waals surface area contributed by atoms with Crippen LogP contribution in [0.2, 0.25) is 0 Å². The predicted molar refractivity (Wildman–Crippen MR) is 116 cm³/mol. The lowest BCUT2D eigenvalue weighted by atomic mass is 9.48. The molecule has 4 nitrogen and oxygen atoms in total. The largest absolute Gasteiger partial charge is 0.419 e. The fraction of sp³-hybridized carbons (Fsp3) is 0.846. The third kappa shape index (κ3) is 3.06. The van der Waals surface area contributed by atoms with Gasteiger partial charge in [0, 0.05) is 12.1 Å². The van der Waals surface area contributed by atoms with E-state index in [2.05, 4.69) is 12.0 Å². The van der Waals surface area contributed by atoms with E-state index in [1.807, 2.05) is 6.92 Å². The summed E-state index contributed by atoms with van der Waals surface area (Å²) < 4.78 is 39.9. The van der Waals surface area contributed by atoms with Gasteiger partial charge < -0.3 is 5.11 Å². The van der Waals surface area contributed by atoms with E-state index in [1.54, 1.807) is 0 Å². The molecule has 1 aromatic heterocycles. The number of aliphatic hydroxyl groups is 1. The van der Waals surface area contributed by atoms with Gasteiger partial charge in [0.15, 0.2) is 5.78 Å². The lowest BCUT2D eigenvalue weighted by molar-refractivity contribution is -0.138. The first-order valence-corrected chi connectivity index (χ1v) is 12.7. The summed E-state index contributed by atoms with van der Waals surface area (Å²) in [7, 11) is 0. The van der Waals surface area contributed by atoms with Crippen LogP contribution in [-0.4, -0.2) is 26.3 Å². The predicted octanol–water partition coefficient (Wildman–Crippen LogP) is 5.63. The Balaban J connectivity index is 1.19. The number of hydrogen-bond donors (Lipinski definition) is 1. The maximum absolute atomic E-state index is 13.3. The Morgan fingerprint density at radius 1 is 1.09 bits per heavy atom. The molecule has 0 bridgehead atoms. The number of rotatable bonds is 3. The van der Waals surface area contributed by atoms with Crippen LogP contribution in [-0.2, 0) is 17.5 Å². The van der Waals surface area contributed by atoms with Gasteiger partial charge in [-0.05, 0) is 105 Å². The summed E-state index contributed by atoms with van der Waals surface area (Å²) in [6.07, 6.45) is 8.14. The molecule has 0 amide bonds. The molecular weight excluding hydrogens is 429 g/mol. The number of fused-ring (bicyclic) bond motifs is 3. The number of carbonyl (C=O) groups is 1. The number of alkyl halides is 3. The Morgan fingerprint density at radius 2 is 1.88 bits per heavy atom. The van der Waals surface area contributed by atoms with Crippen molar-refractivity contribution in [3.05, 3.63) is 18.0 Å². The van der Waals surface area contributed by atoms with Crippen LogP contribution in [0.1, 0.15) is 83.6 Å². The number of halogens is 3. The molecule has 7 heteroatoms. The second-order valence-corrected chi connectivity index (χ2v) is 12.8. The maximum Gasteiger partial charge on any atom is 0.419 e. The highest BCUT2D eigenvalue weighted by atomic mass is 19.4. The van der Waals surface area contributed by atoms with Gasteiger partial charge >= 0.3 is 6.18 Å². The molecule has 0 aromatic carbocycles. The second-order valence-electron chi connectivity index (χ2n) is 12.8. The third-order valence-corrected chi connectivity index (χ3v) is 11.2. The molecule has 33 heavy (non-hydrogen) atoms. The van der Waals surface area contributed by atoms with Gasteiger partial charge in [0.1, 0.15) is 0 Å². The summed E-state index contributed by atoms with van der Waals surface area (Å²) in [4.78, 5) is 13.3. The normalized spacial score (nSPS) is 48.4. The number of ketones is 1. The van der Waals surface area contributed by atoms with Crippen molar-refractivity contribution >= 4 is 5.78 Å². The lowest BCUT2D eigenvalue weighted by Gasteiger charge is -2.56. The van der Waals surface area contributed by atoms with Crippen LogP contribution < -0.4 is 0 Å². The molecule has 5 aliphatic rings. The van der Waals surface area contributed by atoms with Crippen LogP contribution in [0.15, 0.2) is 12.4 Å². The summed E-state index contributed by atoms with van der Waals surface area (Å²) in [5.41, 5.74) is -0.589. The highest BCUT2D eigenvalue weighted by molar-refractivity contribution is 5.82. The first-order chi connectivity index (χ1) is 15.4. The highest BCUT2D eigenvalue weighted by Crippen LogP contribution is 2.83. The molecule has 0 aliphatic heterocycles. The smallest absolute Gasteiger partial charge is 0.390 e. The Morgan fingerprint density at radius 3 is 2.61 bits per heavy atom. The van der Waals surface area contributed by atoms with Crippen LogP contribution in [0.25, 0.3) is 0 Å². The average molecular weight is 465 g/mol. The molecule has 0 unspecified atom stereocenters. The van der Waals surface area contributed by atoms with Crippen LogP contribution in [0.4, 0.5) is 13.2 Å². The van der Waals surface area contributed by atoms with Crippen molar-refractivity contribution in [2.45, 2.75) is 96.4 Å². The van der Waals surface area contributed by atoms with E-state index in [1.165, 1.54) is 23.9 Å². The first kappa shape index (κ1) is 22.1. The van der Waals surface area contributed by atoms with Gasteiger partial charge in [0.05, 0.1) is 23.9 Å². The zero-order valence-electron chi connectivity index (χ0n) is 19.6. The number of carbonyl (C=O) groups excluding carboxylic acids is 1. The molecule has 0 radical (unpaired) electrons. The van der Waals surface area contributed by atoms with Gasteiger partial charge in [-0.2, -0.15) is 18.3 Å². The van der Waals surface area contributed by atoms with Crippen LogP contribution >= 0.6 is 0 Å². The Hall–Kier alpha value is -1.37. The summed E-state index contributed by atoms with van der Waals surface area (Å²) in [5.74, 6) is 1.86. The SMILES string of the molecule is C[C@@]1(O)CC[C@@]23C[C@@]2(CC[C@H]2[C@@H]4CC[C@H](C(=O)Cn5cc(C(F)(F)F)cn5)[C@@]4(C)CC[C@@H]23)C1. The van der Waals surface area contributed by atoms with Crippen molar-refractivity contribution in [1.82, 2.24) is 9.78 Å². The molecule has 8 atom stereocenters. The van der Waals surface area contributed by atoms with E-state index in [-0.39, 0.29) is 23.7 Å². The highest BCUT2D eigenvalue weighted by Gasteiger charge is 2.76. The summed E-state index contributed by atoms with van der Waals surface area (Å²) in [6.45, 7) is 4.23. The lowest BCUT2D eigenvalue weighted by Crippen LogP contribution is -2.51. The first-order valence-electron chi connectivity index (χ1n) is 12.7. The molecule has 0 spiro atoms. The monoisotopic (exact) mass is 464 g/mol. The van der Waals surface area contributed by atoms with E-state index < -0.39 is 17.3 Å². The molecule has 6 rings (SSSR count). The summed E-state index contributed by atoms with van der Waals surface area (Å²) >= 11 is 0. The minimum absolute atomic E-state index is 0.0405. The zero-order valence-corrected chi connectivity index (χ0v) is 19.6. The zero-order chi connectivity index (χ0) is 23.4. The van der Waals surface area contributed by atoms with E-state index in [4.69, 9.17) is 0 Å². The second kappa shape index (κ2) is 6.64. The molecule has 1 N–H and O–H groups in total. The van der Waals surface area contributed by atoms with Gasteiger partial charge in [-0.1, -0.05) is 6.92 Å². The quantitative estimate of drug-likeness (QED) is 0.630. The van der Waals surface area contributed by atoms with Crippen molar-refractivity contribution in [2.75, 3.05) is 0 Å². The van der Waals surface area contributed by atoms with E-state index in [9.17, 15) is 23.1 Å². The van der Waals surface area contributed by atoms with Crippen molar-refractivity contribution in [2.24, 2.45) is 39.9 Å². The number of hydrogen-bond acceptors (Lipinski definition) is 3. The molecule has 0 saturated heterocycles. The summed E-state index contributed by atoms with van der Waals surface area (Å²) in [6, 6.07) is 0. The van der Waals surface area contributed by atoms with Gasteiger partial charge in [-0.15, -0.1) is 0 Å². The van der Waals surface area contributed by atoms with Gasteiger partial charge in [-0.3, -0.25) is 9.48 Å². The van der Waals surface area contributed by atoms with Crippen molar-refractivity contribution < 1.29 is 23.1 Å². The Bertz CT molecular complexity index is 986. The Labute approximate surface area is 193 Å². The van der Waals surface area contributed by atoms with Crippen molar-refractivity contribution in [3.8, 4) is 0 Å². The molecule has 1 heterocycles. The van der Waals surface area contributed by atoms with Crippen molar-refractivity contribution in [3.63, 3.8) is 0 Å². The molecule has 5 aliphatic carbocycles. The average Bonchev–Trinajstić information content (AvgIpc) is 2.99. The van der Waals surface area contributed by atoms with Crippen LogP contribution in [0.3, 0.4) is 0 Å². The fourth-order valence-corrected chi connectivity index (χ4v) is 9.81. The molecular formula is C26H35F3N2O2. The number of aromatic nitrogens is 2. The molecule has 182 valence electrons. The molecule has 1 aromatic rings.